The van der Waals surface area contributed by atoms with Crippen LogP contribution >= 0.6 is 0 Å². The highest BCUT2D eigenvalue weighted by molar-refractivity contribution is 5.51. The van der Waals surface area contributed by atoms with Crippen LogP contribution < -0.4 is 0 Å². The van der Waals surface area contributed by atoms with Gasteiger partial charge in [-0.2, -0.15) is 5.10 Å². The van der Waals surface area contributed by atoms with Gasteiger partial charge >= 0.3 is 0 Å². The van der Waals surface area contributed by atoms with Crippen LogP contribution in [-0.2, 0) is 0 Å². The summed E-state index contributed by atoms with van der Waals surface area (Å²) < 4.78 is 7.83. The maximum atomic E-state index is 5.83. The lowest BCUT2D eigenvalue weighted by molar-refractivity contribution is 0.0484. The summed E-state index contributed by atoms with van der Waals surface area (Å²) >= 11 is 0. The summed E-state index contributed by atoms with van der Waals surface area (Å²) in [6.45, 7) is 4.00. The van der Waals surface area contributed by atoms with Gasteiger partial charge in [-0.25, -0.2) is 0 Å². The third kappa shape index (κ3) is 2.31. The average molecular weight is 295 g/mol. The van der Waals surface area contributed by atoms with Crippen molar-refractivity contribution in [1.82, 2.24) is 24.9 Å². The molecule has 22 heavy (non-hydrogen) atoms. The van der Waals surface area contributed by atoms with E-state index in [2.05, 4.69) is 27.1 Å². The summed E-state index contributed by atoms with van der Waals surface area (Å²) in [5.41, 5.74) is 0.950. The lowest BCUT2D eigenvalue weighted by atomic mass is 10.1. The fourth-order valence-electron chi connectivity index (χ4n) is 2.73. The molecule has 0 aliphatic carbocycles. The van der Waals surface area contributed by atoms with Crippen molar-refractivity contribution in [2.24, 2.45) is 0 Å². The number of hydrogen-bond donors (Lipinski definition) is 0. The molecule has 6 nitrogen and oxygen atoms in total. The topological polar surface area (TPSA) is 60.0 Å². The first-order valence-corrected chi connectivity index (χ1v) is 7.43. The Bertz CT molecular complexity index is 731. The summed E-state index contributed by atoms with van der Waals surface area (Å²) in [7, 11) is 0. The van der Waals surface area contributed by atoms with E-state index in [9.17, 15) is 0 Å². The van der Waals surface area contributed by atoms with Crippen LogP contribution in [0, 0.1) is 0 Å². The molecule has 4 rings (SSSR count). The Morgan fingerprint density at radius 1 is 1.14 bits per heavy atom. The second-order valence-corrected chi connectivity index (χ2v) is 5.58. The number of rotatable bonds is 4. The molecule has 2 aromatic heterocycles. The molecule has 1 aliphatic rings. The molecular weight excluding hydrogens is 278 g/mol. The molecule has 1 fully saturated rings. The fraction of sp³-hybridized carbons (Fsp3) is 0.312. The van der Waals surface area contributed by atoms with Crippen LogP contribution in [-0.4, -0.2) is 38.0 Å². The molecule has 1 atom stereocenters. The standard InChI is InChI=1S/C16H17N5O/c1-12(20-10-14(11-20)21-9-5-8-17-21)15-18-19-16(22-15)13-6-3-2-4-7-13/h2-9,12,14H,10-11H2,1H3/t12-/m0/s1. The molecule has 0 spiro atoms. The van der Waals surface area contributed by atoms with Crippen molar-refractivity contribution < 1.29 is 4.42 Å². The Balaban J connectivity index is 1.44. The van der Waals surface area contributed by atoms with Gasteiger partial charge in [-0.15, -0.1) is 10.2 Å². The number of nitrogens with zero attached hydrogens (tertiary/aromatic N) is 5. The van der Waals surface area contributed by atoms with Crippen LogP contribution in [0.3, 0.4) is 0 Å². The van der Waals surface area contributed by atoms with Crippen molar-refractivity contribution in [3.63, 3.8) is 0 Å². The Morgan fingerprint density at radius 3 is 2.68 bits per heavy atom. The molecule has 6 heteroatoms. The molecule has 1 aromatic carbocycles. The Hall–Kier alpha value is -2.47. The van der Waals surface area contributed by atoms with Crippen LogP contribution in [0.25, 0.3) is 11.5 Å². The number of benzene rings is 1. The Kier molecular flexibility index (Phi) is 3.23. The zero-order chi connectivity index (χ0) is 14.9. The van der Waals surface area contributed by atoms with Crippen LogP contribution in [0.2, 0.25) is 0 Å². The van der Waals surface area contributed by atoms with Crippen LogP contribution in [0.15, 0.2) is 53.2 Å². The van der Waals surface area contributed by atoms with E-state index in [4.69, 9.17) is 4.42 Å². The lowest BCUT2D eigenvalue weighted by Gasteiger charge is -2.41. The molecule has 0 N–H and O–H groups in total. The van der Waals surface area contributed by atoms with Gasteiger partial charge in [-0.1, -0.05) is 18.2 Å². The lowest BCUT2D eigenvalue weighted by Crippen LogP contribution is -2.48. The highest BCUT2D eigenvalue weighted by Crippen LogP contribution is 2.31. The summed E-state index contributed by atoms with van der Waals surface area (Å²) in [4.78, 5) is 2.31. The zero-order valence-electron chi connectivity index (χ0n) is 12.3. The molecule has 0 unspecified atom stereocenters. The quantitative estimate of drug-likeness (QED) is 0.740. The van der Waals surface area contributed by atoms with E-state index in [1.165, 1.54) is 0 Å². The van der Waals surface area contributed by atoms with Gasteiger partial charge < -0.3 is 4.42 Å². The second kappa shape index (κ2) is 5.38. The maximum Gasteiger partial charge on any atom is 0.247 e. The minimum absolute atomic E-state index is 0.122. The molecule has 0 saturated carbocycles. The van der Waals surface area contributed by atoms with Crippen LogP contribution in [0.1, 0.15) is 24.9 Å². The van der Waals surface area contributed by atoms with Gasteiger partial charge in [0.05, 0.1) is 12.1 Å². The molecule has 112 valence electrons. The summed E-state index contributed by atoms with van der Waals surface area (Å²) in [6.07, 6.45) is 3.82. The number of hydrogen-bond acceptors (Lipinski definition) is 5. The first-order valence-electron chi connectivity index (χ1n) is 7.43. The minimum Gasteiger partial charge on any atom is -0.419 e. The predicted molar refractivity (Wildman–Crippen MR) is 81.0 cm³/mol. The third-order valence-corrected chi connectivity index (χ3v) is 4.16. The van der Waals surface area contributed by atoms with Crippen molar-refractivity contribution in [2.45, 2.75) is 19.0 Å². The normalized spacial score (nSPS) is 17.3. The second-order valence-electron chi connectivity index (χ2n) is 5.58. The van der Waals surface area contributed by atoms with Crippen LogP contribution in [0.4, 0.5) is 0 Å². The van der Waals surface area contributed by atoms with E-state index in [0.29, 0.717) is 17.8 Å². The molecule has 0 radical (unpaired) electrons. The highest BCUT2D eigenvalue weighted by Gasteiger charge is 2.34. The maximum absolute atomic E-state index is 5.83. The fourth-order valence-corrected chi connectivity index (χ4v) is 2.73. The van der Waals surface area contributed by atoms with E-state index in [1.54, 1.807) is 0 Å². The van der Waals surface area contributed by atoms with Gasteiger partial charge in [0.1, 0.15) is 0 Å². The molecular formula is C16H17N5O. The molecule has 0 bridgehead atoms. The van der Waals surface area contributed by atoms with E-state index in [1.807, 2.05) is 53.5 Å². The SMILES string of the molecule is C[C@@H](c1nnc(-c2ccccc2)o1)N1CC(n2cccn2)C1. The summed E-state index contributed by atoms with van der Waals surface area (Å²) in [6, 6.07) is 12.4. The van der Waals surface area contributed by atoms with Gasteiger partial charge in [0, 0.05) is 31.0 Å². The largest absolute Gasteiger partial charge is 0.419 e. The first-order chi connectivity index (χ1) is 10.8. The van der Waals surface area contributed by atoms with E-state index in [0.717, 1.165) is 18.7 Å². The van der Waals surface area contributed by atoms with E-state index in [-0.39, 0.29) is 6.04 Å². The molecule has 0 amide bonds. The third-order valence-electron chi connectivity index (χ3n) is 4.16. The van der Waals surface area contributed by atoms with Crippen LogP contribution in [0.5, 0.6) is 0 Å². The molecule has 1 aliphatic heterocycles. The number of aromatic nitrogens is 4. The predicted octanol–water partition coefficient (Wildman–Crippen LogP) is 2.55. The monoisotopic (exact) mass is 295 g/mol. The van der Waals surface area contributed by atoms with Crippen molar-refractivity contribution in [3.8, 4) is 11.5 Å². The van der Waals surface area contributed by atoms with Gasteiger partial charge in [-0.3, -0.25) is 9.58 Å². The average Bonchev–Trinajstić information content (AvgIpc) is 3.18. The summed E-state index contributed by atoms with van der Waals surface area (Å²) in [5.74, 6) is 1.24. The molecule has 3 aromatic rings. The Labute approximate surface area is 128 Å². The van der Waals surface area contributed by atoms with Gasteiger partial charge in [-0.05, 0) is 25.1 Å². The van der Waals surface area contributed by atoms with Crippen molar-refractivity contribution in [3.05, 3.63) is 54.7 Å². The zero-order valence-corrected chi connectivity index (χ0v) is 12.3. The minimum atomic E-state index is 0.122. The number of likely N-dealkylation sites (tertiary alicyclic amines) is 1. The van der Waals surface area contributed by atoms with E-state index >= 15 is 0 Å². The van der Waals surface area contributed by atoms with Crippen molar-refractivity contribution in [1.29, 1.82) is 0 Å². The van der Waals surface area contributed by atoms with Gasteiger partial charge in [0.15, 0.2) is 0 Å². The van der Waals surface area contributed by atoms with Gasteiger partial charge in [0.2, 0.25) is 11.8 Å². The van der Waals surface area contributed by atoms with E-state index < -0.39 is 0 Å². The summed E-state index contributed by atoms with van der Waals surface area (Å²) in [5, 5.41) is 12.6. The highest BCUT2D eigenvalue weighted by atomic mass is 16.4. The molecule has 3 heterocycles. The Morgan fingerprint density at radius 2 is 1.95 bits per heavy atom. The molecule has 1 saturated heterocycles. The van der Waals surface area contributed by atoms with Gasteiger partial charge in [0.25, 0.3) is 0 Å². The first kappa shape index (κ1) is 13.2. The smallest absolute Gasteiger partial charge is 0.247 e. The van der Waals surface area contributed by atoms with Crippen molar-refractivity contribution >= 4 is 0 Å². The van der Waals surface area contributed by atoms with Crippen molar-refractivity contribution in [2.75, 3.05) is 13.1 Å².